The Morgan fingerprint density at radius 3 is 3.17 bits per heavy atom. The van der Waals surface area contributed by atoms with Crippen LogP contribution in [0.1, 0.15) is 30.1 Å². The Labute approximate surface area is 115 Å². The number of halogens is 1. The zero-order valence-corrected chi connectivity index (χ0v) is 11.8. The van der Waals surface area contributed by atoms with Crippen LogP contribution in [0.2, 0.25) is 0 Å². The lowest BCUT2D eigenvalue weighted by Gasteiger charge is -2.23. The number of benzene rings is 1. The molecule has 0 fully saturated rings. The molecule has 0 aliphatic heterocycles. The molecule has 1 unspecified atom stereocenters. The van der Waals surface area contributed by atoms with E-state index in [1.807, 2.05) is 0 Å². The molecule has 0 saturated heterocycles. The number of H-pyrrole nitrogens is 1. The Morgan fingerprint density at radius 1 is 1.44 bits per heavy atom. The average molecular weight is 309 g/mol. The summed E-state index contributed by atoms with van der Waals surface area (Å²) in [5.74, 6) is 0. The Morgan fingerprint density at radius 2 is 2.33 bits per heavy atom. The Kier molecular flexibility index (Phi) is 3.41. The van der Waals surface area contributed by atoms with E-state index < -0.39 is 0 Å². The van der Waals surface area contributed by atoms with Crippen LogP contribution in [0.4, 0.5) is 0 Å². The first-order valence-electron chi connectivity index (χ1n) is 6.44. The van der Waals surface area contributed by atoms with Crippen molar-refractivity contribution in [3.05, 3.63) is 33.9 Å². The molecule has 3 rings (SSSR count). The minimum atomic E-state index is 0.192. The van der Waals surface area contributed by atoms with Gasteiger partial charge in [0, 0.05) is 33.7 Å². The highest BCUT2D eigenvalue weighted by atomic mass is 79.9. The van der Waals surface area contributed by atoms with E-state index in [-0.39, 0.29) is 6.61 Å². The second-order valence-corrected chi connectivity index (χ2v) is 5.75. The Hall–Kier alpha value is -0.840. The second kappa shape index (κ2) is 5.03. The minimum absolute atomic E-state index is 0.192. The minimum Gasteiger partial charge on any atom is -0.395 e. The number of hydrogen-bond acceptors (Lipinski definition) is 2. The molecule has 1 aliphatic rings. The van der Waals surface area contributed by atoms with Crippen molar-refractivity contribution >= 4 is 26.8 Å². The van der Waals surface area contributed by atoms with Gasteiger partial charge < -0.3 is 15.4 Å². The molecule has 1 aromatic carbocycles. The average Bonchev–Trinajstić information content (AvgIpc) is 2.75. The molecule has 3 N–H and O–H groups in total. The van der Waals surface area contributed by atoms with Crippen molar-refractivity contribution in [3.63, 3.8) is 0 Å². The molecule has 4 heteroatoms. The molecule has 3 nitrogen and oxygen atoms in total. The lowest BCUT2D eigenvalue weighted by atomic mass is 9.92. The normalized spacial score (nSPS) is 19.1. The van der Waals surface area contributed by atoms with Crippen molar-refractivity contribution in [2.24, 2.45) is 0 Å². The van der Waals surface area contributed by atoms with Crippen molar-refractivity contribution in [2.45, 2.75) is 25.3 Å². The molecule has 1 aromatic heterocycles. The fourth-order valence-electron chi connectivity index (χ4n) is 2.88. The number of hydrogen-bond donors (Lipinski definition) is 3. The van der Waals surface area contributed by atoms with Gasteiger partial charge in [-0.05, 0) is 43.0 Å². The number of aromatic nitrogens is 1. The number of aliphatic hydroxyl groups is 1. The SMILES string of the molecule is OCCNC1CCCc2c1[nH]c1ccc(Br)cc21. The highest BCUT2D eigenvalue weighted by molar-refractivity contribution is 9.10. The van der Waals surface area contributed by atoms with Crippen molar-refractivity contribution < 1.29 is 5.11 Å². The molecule has 2 aromatic rings. The second-order valence-electron chi connectivity index (χ2n) is 4.83. The highest BCUT2D eigenvalue weighted by Gasteiger charge is 2.23. The van der Waals surface area contributed by atoms with E-state index >= 15 is 0 Å². The van der Waals surface area contributed by atoms with Crippen LogP contribution in [0.3, 0.4) is 0 Å². The first-order chi connectivity index (χ1) is 8.79. The van der Waals surface area contributed by atoms with Crippen LogP contribution >= 0.6 is 15.9 Å². The topological polar surface area (TPSA) is 48.0 Å². The van der Waals surface area contributed by atoms with Gasteiger partial charge in [-0.2, -0.15) is 0 Å². The van der Waals surface area contributed by atoms with Crippen LogP contribution in [0, 0.1) is 0 Å². The van der Waals surface area contributed by atoms with Crippen molar-refractivity contribution in [3.8, 4) is 0 Å². The van der Waals surface area contributed by atoms with Crippen LogP contribution in [-0.2, 0) is 6.42 Å². The van der Waals surface area contributed by atoms with Crippen molar-refractivity contribution in [1.82, 2.24) is 10.3 Å². The Balaban J connectivity index is 2.04. The van der Waals surface area contributed by atoms with Crippen LogP contribution in [0.25, 0.3) is 10.9 Å². The van der Waals surface area contributed by atoms with Crippen LogP contribution in [0.15, 0.2) is 22.7 Å². The van der Waals surface area contributed by atoms with Gasteiger partial charge in [-0.1, -0.05) is 15.9 Å². The van der Waals surface area contributed by atoms with Crippen molar-refractivity contribution in [1.29, 1.82) is 0 Å². The summed E-state index contributed by atoms with van der Waals surface area (Å²) in [5.41, 5.74) is 3.96. The van der Waals surface area contributed by atoms with E-state index in [1.54, 1.807) is 0 Å². The maximum Gasteiger partial charge on any atom is 0.0556 e. The number of aromatic amines is 1. The van der Waals surface area contributed by atoms with E-state index in [2.05, 4.69) is 44.4 Å². The summed E-state index contributed by atoms with van der Waals surface area (Å²) in [6.07, 6.45) is 3.49. The van der Waals surface area contributed by atoms with Gasteiger partial charge in [-0.3, -0.25) is 0 Å². The summed E-state index contributed by atoms with van der Waals surface area (Å²) in [6.45, 7) is 0.848. The van der Waals surface area contributed by atoms with E-state index in [1.165, 1.54) is 28.6 Å². The smallest absolute Gasteiger partial charge is 0.0556 e. The fraction of sp³-hybridized carbons (Fsp3) is 0.429. The van der Waals surface area contributed by atoms with Crippen LogP contribution in [0.5, 0.6) is 0 Å². The predicted molar refractivity (Wildman–Crippen MR) is 76.8 cm³/mol. The Bertz CT molecular complexity index is 564. The van der Waals surface area contributed by atoms with Gasteiger partial charge >= 0.3 is 0 Å². The van der Waals surface area contributed by atoms with Crippen molar-refractivity contribution in [2.75, 3.05) is 13.2 Å². The first-order valence-corrected chi connectivity index (χ1v) is 7.23. The summed E-state index contributed by atoms with van der Waals surface area (Å²) in [4.78, 5) is 3.54. The molecule has 96 valence electrons. The van der Waals surface area contributed by atoms with Gasteiger partial charge in [0.05, 0.1) is 6.61 Å². The monoisotopic (exact) mass is 308 g/mol. The molecule has 18 heavy (non-hydrogen) atoms. The number of aryl methyl sites for hydroxylation is 1. The van der Waals surface area contributed by atoms with E-state index in [4.69, 9.17) is 5.11 Å². The van der Waals surface area contributed by atoms with Gasteiger partial charge in [0.1, 0.15) is 0 Å². The number of aliphatic hydroxyl groups excluding tert-OH is 1. The lowest BCUT2D eigenvalue weighted by molar-refractivity contribution is 0.280. The molecule has 0 saturated carbocycles. The third-order valence-corrected chi connectivity index (χ3v) is 4.17. The molecule has 0 spiro atoms. The molecule has 0 radical (unpaired) electrons. The summed E-state index contributed by atoms with van der Waals surface area (Å²) in [6, 6.07) is 6.74. The quantitative estimate of drug-likeness (QED) is 0.816. The van der Waals surface area contributed by atoms with Gasteiger partial charge in [-0.25, -0.2) is 0 Å². The highest BCUT2D eigenvalue weighted by Crippen LogP contribution is 2.35. The first kappa shape index (κ1) is 12.2. The van der Waals surface area contributed by atoms with Gasteiger partial charge in [0.25, 0.3) is 0 Å². The molecule has 1 atom stereocenters. The predicted octanol–water partition coefficient (Wildman–Crippen LogP) is 2.89. The van der Waals surface area contributed by atoms with Gasteiger partial charge in [0.15, 0.2) is 0 Å². The fourth-order valence-corrected chi connectivity index (χ4v) is 3.24. The summed E-state index contributed by atoms with van der Waals surface area (Å²) in [5, 5.41) is 13.7. The van der Waals surface area contributed by atoms with Crippen LogP contribution < -0.4 is 5.32 Å². The zero-order valence-electron chi connectivity index (χ0n) is 10.2. The standard InChI is InChI=1S/C14H17BrN2O/c15-9-4-5-12-11(8-9)10-2-1-3-13(14(10)17-12)16-6-7-18/h4-5,8,13,16-18H,1-3,6-7H2. The molecule has 0 amide bonds. The largest absolute Gasteiger partial charge is 0.395 e. The summed E-state index contributed by atoms with van der Waals surface area (Å²) >= 11 is 3.54. The maximum atomic E-state index is 8.94. The zero-order chi connectivity index (χ0) is 12.5. The number of fused-ring (bicyclic) bond motifs is 3. The van der Waals surface area contributed by atoms with E-state index in [0.29, 0.717) is 12.6 Å². The third-order valence-electron chi connectivity index (χ3n) is 3.67. The molecule has 1 heterocycles. The molecule has 0 bridgehead atoms. The lowest BCUT2D eigenvalue weighted by Crippen LogP contribution is -2.27. The van der Waals surface area contributed by atoms with Crippen LogP contribution in [-0.4, -0.2) is 23.2 Å². The number of nitrogens with one attached hydrogen (secondary N) is 2. The molecular weight excluding hydrogens is 292 g/mol. The summed E-state index contributed by atoms with van der Waals surface area (Å²) < 4.78 is 1.13. The number of rotatable bonds is 3. The maximum absolute atomic E-state index is 8.94. The van der Waals surface area contributed by atoms with Gasteiger partial charge in [0.2, 0.25) is 0 Å². The van der Waals surface area contributed by atoms with Gasteiger partial charge in [-0.15, -0.1) is 0 Å². The van der Waals surface area contributed by atoms with E-state index in [9.17, 15) is 0 Å². The molecule has 1 aliphatic carbocycles. The summed E-state index contributed by atoms with van der Waals surface area (Å²) in [7, 11) is 0. The van der Waals surface area contributed by atoms with E-state index in [0.717, 1.165) is 17.3 Å². The molecular formula is C14H17BrN2O. The third kappa shape index (κ3) is 2.09.